The van der Waals surface area contributed by atoms with Crippen LogP contribution in [0, 0.1) is 5.82 Å². The van der Waals surface area contributed by atoms with E-state index in [1.54, 1.807) is 0 Å². The fourth-order valence-electron chi connectivity index (χ4n) is 1.66. The highest BCUT2D eigenvalue weighted by Gasteiger charge is 2.34. The van der Waals surface area contributed by atoms with Crippen molar-refractivity contribution in [1.82, 2.24) is 5.32 Å². The summed E-state index contributed by atoms with van der Waals surface area (Å²) >= 11 is 0. The Hall–Kier alpha value is -1.14. The van der Waals surface area contributed by atoms with Crippen LogP contribution in [-0.2, 0) is 10.9 Å². The number of alkyl halides is 3. The van der Waals surface area contributed by atoms with E-state index < -0.39 is 17.6 Å². The molecule has 1 N–H and O–H groups in total. The number of likely N-dealkylation sites (N-methyl/N-ethyl adjacent to an activating group) is 1. The average Bonchev–Trinajstić information content (AvgIpc) is 2.28. The van der Waals surface area contributed by atoms with Gasteiger partial charge in [-0.1, -0.05) is 13.0 Å². The molecule has 0 aliphatic heterocycles. The Labute approximate surface area is 103 Å². The van der Waals surface area contributed by atoms with Gasteiger partial charge in [0.2, 0.25) is 0 Å². The topological polar surface area (TPSA) is 21.3 Å². The van der Waals surface area contributed by atoms with E-state index in [1.807, 2.05) is 6.92 Å². The molecular formula is C12H15F4NO. The second kappa shape index (κ2) is 6.15. The van der Waals surface area contributed by atoms with E-state index in [9.17, 15) is 17.6 Å². The fraction of sp³-hybridized carbons (Fsp3) is 0.500. The molecule has 1 atom stereocenters. The second-order valence-electron chi connectivity index (χ2n) is 3.80. The van der Waals surface area contributed by atoms with E-state index in [0.29, 0.717) is 12.1 Å². The number of nitrogens with one attached hydrogen (secondary N) is 1. The van der Waals surface area contributed by atoms with Gasteiger partial charge in [-0.3, -0.25) is 0 Å². The van der Waals surface area contributed by atoms with Crippen molar-refractivity contribution in [3.8, 4) is 0 Å². The highest BCUT2D eigenvalue weighted by Crippen LogP contribution is 2.33. The summed E-state index contributed by atoms with van der Waals surface area (Å²) in [4.78, 5) is 0. The molecule has 1 aromatic carbocycles. The Morgan fingerprint density at radius 2 is 2.00 bits per heavy atom. The zero-order valence-corrected chi connectivity index (χ0v) is 10.1. The SMILES string of the molecule is CCNC(COC)c1ccc(F)c(C(F)(F)F)c1. The first kappa shape index (κ1) is 14.9. The first-order valence-electron chi connectivity index (χ1n) is 5.49. The van der Waals surface area contributed by atoms with Crippen molar-refractivity contribution in [2.24, 2.45) is 0 Å². The highest BCUT2D eigenvalue weighted by atomic mass is 19.4. The van der Waals surface area contributed by atoms with Crippen molar-refractivity contribution in [3.63, 3.8) is 0 Å². The van der Waals surface area contributed by atoms with Crippen molar-refractivity contribution >= 4 is 0 Å². The molecule has 0 heterocycles. The summed E-state index contributed by atoms with van der Waals surface area (Å²) in [6.07, 6.45) is -4.69. The average molecular weight is 265 g/mol. The van der Waals surface area contributed by atoms with Gasteiger partial charge in [-0.15, -0.1) is 0 Å². The number of ether oxygens (including phenoxy) is 1. The first-order valence-corrected chi connectivity index (χ1v) is 5.49. The third-order valence-electron chi connectivity index (χ3n) is 2.48. The Kier molecular flexibility index (Phi) is 5.10. The van der Waals surface area contributed by atoms with Crippen LogP contribution in [-0.4, -0.2) is 20.3 Å². The highest BCUT2D eigenvalue weighted by molar-refractivity contribution is 5.29. The summed E-state index contributed by atoms with van der Waals surface area (Å²) in [6.45, 7) is 2.63. The van der Waals surface area contributed by atoms with Gasteiger partial charge in [0.05, 0.1) is 18.2 Å². The summed E-state index contributed by atoms with van der Waals surface area (Å²) in [5.74, 6) is -1.26. The zero-order chi connectivity index (χ0) is 13.8. The number of rotatable bonds is 5. The van der Waals surface area contributed by atoms with Crippen molar-refractivity contribution < 1.29 is 22.3 Å². The third kappa shape index (κ3) is 3.68. The van der Waals surface area contributed by atoms with E-state index in [2.05, 4.69) is 5.32 Å². The Morgan fingerprint density at radius 1 is 1.33 bits per heavy atom. The van der Waals surface area contributed by atoms with E-state index in [-0.39, 0.29) is 12.6 Å². The molecule has 0 aromatic heterocycles. The van der Waals surface area contributed by atoms with Gasteiger partial charge in [0.1, 0.15) is 5.82 Å². The second-order valence-corrected chi connectivity index (χ2v) is 3.80. The van der Waals surface area contributed by atoms with Crippen LogP contribution in [0.5, 0.6) is 0 Å². The van der Waals surface area contributed by atoms with Crippen molar-refractivity contribution in [2.45, 2.75) is 19.1 Å². The van der Waals surface area contributed by atoms with Gasteiger partial charge in [-0.05, 0) is 24.2 Å². The molecule has 0 aliphatic carbocycles. The maximum absolute atomic E-state index is 13.1. The molecular weight excluding hydrogens is 250 g/mol. The Morgan fingerprint density at radius 3 is 2.50 bits per heavy atom. The van der Waals surface area contributed by atoms with Crippen LogP contribution < -0.4 is 5.32 Å². The molecule has 0 saturated heterocycles. The molecule has 0 saturated carbocycles. The van der Waals surface area contributed by atoms with Crippen molar-refractivity contribution in [3.05, 3.63) is 35.1 Å². The summed E-state index contributed by atoms with van der Waals surface area (Å²) in [6, 6.07) is 2.60. The number of methoxy groups -OCH3 is 1. The lowest BCUT2D eigenvalue weighted by Crippen LogP contribution is -2.25. The van der Waals surface area contributed by atoms with Gasteiger partial charge in [0.25, 0.3) is 0 Å². The lowest BCUT2D eigenvalue weighted by molar-refractivity contribution is -0.140. The molecule has 2 nitrogen and oxygen atoms in total. The van der Waals surface area contributed by atoms with Gasteiger partial charge >= 0.3 is 6.18 Å². The van der Waals surface area contributed by atoms with Crippen LogP contribution in [0.25, 0.3) is 0 Å². The van der Waals surface area contributed by atoms with Crippen LogP contribution in [0.4, 0.5) is 17.6 Å². The van der Waals surface area contributed by atoms with Crippen molar-refractivity contribution in [2.75, 3.05) is 20.3 Å². The maximum atomic E-state index is 13.1. The zero-order valence-electron chi connectivity index (χ0n) is 10.1. The summed E-state index contributed by atoms with van der Waals surface area (Å²) < 4.78 is 55.8. The van der Waals surface area contributed by atoms with Crippen LogP contribution >= 0.6 is 0 Å². The molecule has 1 aromatic rings. The van der Waals surface area contributed by atoms with Gasteiger partial charge in [-0.2, -0.15) is 13.2 Å². The standard InChI is InChI=1S/C12H15F4NO/c1-3-17-11(7-18-2)8-4-5-10(13)9(6-8)12(14,15)16/h4-6,11,17H,3,7H2,1-2H3. The normalized spacial score (nSPS) is 13.7. The van der Waals surface area contributed by atoms with Gasteiger partial charge in [-0.25, -0.2) is 4.39 Å². The predicted octanol–water partition coefficient (Wildman–Crippen LogP) is 3.14. The van der Waals surface area contributed by atoms with Gasteiger partial charge < -0.3 is 10.1 Å². The number of benzene rings is 1. The number of hydrogen-bond acceptors (Lipinski definition) is 2. The Balaban J connectivity index is 3.09. The Bertz CT molecular complexity index is 386. The van der Waals surface area contributed by atoms with Gasteiger partial charge in [0.15, 0.2) is 0 Å². The minimum Gasteiger partial charge on any atom is -0.383 e. The van der Waals surface area contributed by atoms with Crippen LogP contribution in [0.1, 0.15) is 24.1 Å². The molecule has 0 amide bonds. The third-order valence-corrected chi connectivity index (χ3v) is 2.48. The van der Waals surface area contributed by atoms with Gasteiger partial charge in [0, 0.05) is 7.11 Å². The molecule has 0 spiro atoms. The van der Waals surface area contributed by atoms with Crippen LogP contribution in [0.2, 0.25) is 0 Å². The quantitative estimate of drug-likeness (QED) is 0.826. The molecule has 18 heavy (non-hydrogen) atoms. The fourth-order valence-corrected chi connectivity index (χ4v) is 1.66. The lowest BCUT2D eigenvalue weighted by atomic mass is 10.0. The molecule has 102 valence electrons. The van der Waals surface area contributed by atoms with E-state index in [4.69, 9.17) is 4.74 Å². The minimum absolute atomic E-state index is 0.219. The monoisotopic (exact) mass is 265 g/mol. The van der Waals surface area contributed by atoms with Crippen molar-refractivity contribution in [1.29, 1.82) is 0 Å². The molecule has 0 radical (unpaired) electrons. The molecule has 6 heteroatoms. The molecule has 0 fully saturated rings. The predicted molar refractivity (Wildman–Crippen MR) is 59.7 cm³/mol. The lowest BCUT2D eigenvalue weighted by Gasteiger charge is -2.19. The molecule has 1 unspecified atom stereocenters. The first-order chi connectivity index (χ1) is 8.40. The summed E-state index contributed by atoms with van der Waals surface area (Å²) in [7, 11) is 1.46. The molecule has 1 rings (SSSR count). The smallest absolute Gasteiger partial charge is 0.383 e. The molecule has 0 bridgehead atoms. The maximum Gasteiger partial charge on any atom is 0.419 e. The summed E-state index contributed by atoms with van der Waals surface area (Å²) in [5.41, 5.74) is -0.897. The molecule has 0 aliphatic rings. The van der Waals surface area contributed by atoms with E-state index in [0.717, 1.165) is 12.1 Å². The van der Waals surface area contributed by atoms with E-state index >= 15 is 0 Å². The van der Waals surface area contributed by atoms with E-state index in [1.165, 1.54) is 13.2 Å². The largest absolute Gasteiger partial charge is 0.419 e. The minimum atomic E-state index is -4.69. The van der Waals surface area contributed by atoms with Crippen LogP contribution in [0.3, 0.4) is 0 Å². The van der Waals surface area contributed by atoms with Crippen LogP contribution in [0.15, 0.2) is 18.2 Å². The number of hydrogen-bond donors (Lipinski definition) is 1. The summed E-state index contributed by atoms with van der Waals surface area (Å²) in [5, 5.41) is 2.98. The number of halogens is 4.